The fourth-order valence-corrected chi connectivity index (χ4v) is 3.78. The Hall–Kier alpha value is -0.840. The maximum absolute atomic E-state index is 12.1. The third kappa shape index (κ3) is 5.67. The number of Topliss-reactive ketones (excluding diaryl/α,β-unsaturated/α-hetero) is 1. The Balaban J connectivity index is 2.50. The average Bonchev–Trinajstić information content (AvgIpc) is 2.42. The van der Waals surface area contributed by atoms with Crippen LogP contribution in [0.4, 0.5) is 0 Å². The number of hydrogen-bond acceptors (Lipinski definition) is 3. The normalized spacial score (nSPS) is 10.8. The summed E-state index contributed by atoms with van der Waals surface area (Å²) in [5.41, 5.74) is 0.753. The van der Waals surface area contributed by atoms with Gasteiger partial charge in [0, 0.05) is 31.6 Å². The van der Waals surface area contributed by atoms with Crippen LogP contribution in [0.15, 0.2) is 30.3 Å². The minimum Gasteiger partial charge on any atom is -0.396 e. The molecule has 1 aromatic rings. The van der Waals surface area contributed by atoms with E-state index in [0.29, 0.717) is 5.75 Å². The van der Waals surface area contributed by atoms with Crippen LogP contribution in [-0.4, -0.2) is 46.5 Å². The van der Waals surface area contributed by atoms with Crippen LogP contribution in [0.3, 0.4) is 0 Å². The summed E-state index contributed by atoms with van der Waals surface area (Å²) in [5.74, 6) is 2.43. The molecule has 1 rings (SSSR count). The second-order valence-corrected chi connectivity index (χ2v) is 6.44. The van der Waals surface area contributed by atoms with Crippen LogP contribution in [0, 0.1) is 0 Å². The zero-order valence-electron chi connectivity index (χ0n) is 10.5. The highest BCUT2D eigenvalue weighted by molar-refractivity contribution is 7.97. The van der Waals surface area contributed by atoms with Crippen molar-refractivity contribution >= 4 is 16.7 Å². The zero-order valence-corrected chi connectivity index (χ0v) is 11.4. The van der Waals surface area contributed by atoms with E-state index >= 15 is 0 Å². The first-order valence-corrected chi connectivity index (χ1v) is 7.95. The molecule has 0 atom stereocenters. The molecule has 0 amide bonds. The Morgan fingerprint density at radius 1 is 1.00 bits per heavy atom. The third-order valence-corrected chi connectivity index (χ3v) is 5.02. The number of carbonyl (C=O) groups excluding carboxylic acids is 1. The summed E-state index contributed by atoms with van der Waals surface area (Å²) in [6.45, 7) is 0.338. The molecule has 0 fully saturated rings. The Labute approximate surface area is 111 Å². The van der Waals surface area contributed by atoms with E-state index in [9.17, 15) is 4.79 Å². The van der Waals surface area contributed by atoms with Gasteiger partial charge in [0.1, 0.15) is 11.5 Å². The number of ketones is 1. The summed E-state index contributed by atoms with van der Waals surface area (Å²) in [5, 5.41) is 17.7. The van der Waals surface area contributed by atoms with E-state index in [2.05, 4.69) is 0 Å². The van der Waals surface area contributed by atoms with Crippen LogP contribution < -0.4 is 0 Å². The number of hydrogen-bond donors (Lipinski definition) is 2. The smallest absolute Gasteiger partial charge is 0.211 e. The molecule has 0 unspecified atom stereocenters. The molecule has 0 bridgehead atoms. The topological polar surface area (TPSA) is 57.5 Å². The van der Waals surface area contributed by atoms with Gasteiger partial charge >= 0.3 is 0 Å². The van der Waals surface area contributed by atoms with Crippen LogP contribution in [0.5, 0.6) is 0 Å². The number of rotatable bonds is 9. The van der Waals surface area contributed by atoms with Gasteiger partial charge in [0.15, 0.2) is 5.75 Å². The van der Waals surface area contributed by atoms with Crippen molar-refractivity contribution in [1.82, 2.24) is 0 Å². The van der Waals surface area contributed by atoms with E-state index in [1.807, 2.05) is 30.3 Å². The van der Waals surface area contributed by atoms with Crippen molar-refractivity contribution in [3.63, 3.8) is 0 Å². The molecule has 0 radical (unpaired) electrons. The SMILES string of the molecule is O=C(C[S+](CCCO)CCCO)c1ccccc1. The van der Waals surface area contributed by atoms with Gasteiger partial charge in [-0.05, 0) is 10.9 Å². The van der Waals surface area contributed by atoms with Gasteiger partial charge in [0.25, 0.3) is 0 Å². The van der Waals surface area contributed by atoms with Crippen LogP contribution >= 0.6 is 0 Å². The van der Waals surface area contributed by atoms with Crippen molar-refractivity contribution < 1.29 is 15.0 Å². The minimum atomic E-state index is -0.0244. The molecule has 0 heterocycles. The van der Waals surface area contributed by atoms with Gasteiger partial charge in [-0.15, -0.1) is 0 Å². The fraction of sp³-hybridized carbons (Fsp3) is 0.500. The van der Waals surface area contributed by atoms with Gasteiger partial charge in [-0.1, -0.05) is 30.3 Å². The Bertz CT molecular complexity index is 332. The van der Waals surface area contributed by atoms with Gasteiger partial charge in [-0.2, -0.15) is 0 Å². The lowest BCUT2D eigenvalue weighted by Gasteiger charge is -2.07. The van der Waals surface area contributed by atoms with Crippen molar-refractivity contribution in [3.05, 3.63) is 35.9 Å². The zero-order chi connectivity index (χ0) is 13.2. The second-order valence-electron chi connectivity index (χ2n) is 4.11. The van der Waals surface area contributed by atoms with Crippen molar-refractivity contribution in [2.24, 2.45) is 0 Å². The Morgan fingerprint density at radius 3 is 2.06 bits per heavy atom. The van der Waals surface area contributed by atoms with Crippen molar-refractivity contribution in [2.45, 2.75) is 12.8 Å². The van der Waals surface area contributed by atoms with E-state index < -0.39 is 0 Å². The highest BCUT2D eigenvalue weighted by atomic mass is 32.2. The third-order valence-electron chi connectivity index (χ3n) is 2.61. The number of aliphatic hydroxyl groups is 2. The standard InChI is InChI=1S/C14H21O3S/c15-8-4-10-18(11-5-9-16)12-14(17)13-6-2-1-3-7-13/h1-3,6-7,15-16H,4-5,8-12H2/q+1. The monoisotopic (exact) mass is 269 g/mol. The second kappa shape index (κ2) is 9.14. The lowest BCUT2D eigenvalue weighted by Crippen LogP contribution is -2.23. The Morgan fingerprint density at radius 2 is 1.56 bits per heavy atom. The predicted octanol–water partition coefficient (Wildman–Crippen LogP) is 1.25. The lowest BCUT2D eigenvalue weighted by atomic mass is 10.2. The molecule has 0 spiro atoms. The molecule has 0 saturated heterocycles. The molecular formula is C14H21O3S+. The van der Waals surface area contributed by atoms with E-state index in [0.717, 1.165) is 29.9 Å². The summed E-state index contributed by atoms with van der Waals surface area (Å²) in [7, 11) is -0.0244. The molecule has 0 aliphatic rings. The molecule has 4 heteroatoms. The number of aliphatic hydroxyl groups excluding tert-OH is 2. The van der Waals surface area contributed by atoms with Crippen molar-refractivity contribution in [2.75, 3.05) is 30.5 Å². The summed E-state index contributed by atoms with van der Waals surface area (Å²) in [4.78, 5) is 12.1. The largest absolute Gasteiger partial charge is 0.396 e. The van der Waals surface area contributed by atoms with Crippen LogP contribution in [0.25, 0.3) is 0 Å². The summed E-state index contributed by atoms with van der Waals surface area (Å²) < 4.78 is 0. The molecule has 0 aromatic heterocycles. The fourth-order valence-electron chi connectivity index (χ4n) is 1.68. The molecule has 1 aromatic carbocycles. The molecule has 100 valence electrons. The molecule has 0 saturated carbocycles. The molecule has 0 aliphatic heterocycles. The van der Waals surface area contributed by atoms with Crippen molar-refractivity contribution in [1.29, 1.82) is 0 Å². The van der Waals surface area contributed by atoms with Gasteiger partial charge in [0.2, 0.25) is 5.78 Å². The van der Waals surface area contributed by atoms with Crippen LogP contribution in [0.2, 0.25) is 0 Å². The quantitative estimate of drug-likeness (QED) is 0.524. The molecule has 18 heavy (non-hydrogen) atoms. The Kier molecular flexibility index (Phi) is 7.73. The van der Waals surface area contributed by atoms with Gasteiger partial charge < -0.3 is 10.2 Å². The highest BCUT2D eigenvalue weighted by Crippen LogP contribution is 2.08. The van der Waals surface area contributed by atoms with Gasteiger partial charge in [-0.25, -0.2) is 0 Å². The summed E-state index contributed by atoms with van der Waals surface area (Å²) >= 11 is 0. The summed E-state index contributed by atoms with van der Waals surface area (Å²) in [6, 6.07) is 9.30. The first-order chi connectivity index (χ1) is 8.77. The molecule has 0 aliphatic carbocycles. The van der Waals surface area contributed by atoms with Crippen LogP contribution in [0.1, 0.15) is 23.2 Å². The average molecular weight is 269 g/mol. The maximum Gasteiger partial charge on any atom is 0.211 e. The number of carbonyl (C=O) groups is 1. The maximum atomic E-state index is 12.1. The summed E-state index contributed by atoms with van der Waals surface area (Å²) in [6.07, 6.45) is 1.47. The molecule has 2 N–H and O–H groups in total. The van der Waals surface area contributed by atoms with Crippen molar-refractivity contribution in [3.8, 4) is 0 Å². The van der Waals surface area contributed by atoms with E-state index in [1.165, 1.54) is 0 Å². The predicted molar refractivity (Wildman–Crippen MR) is 76.1 cm³/mol. The molecular weight excluding hydrogens is 248 g/mol. The van der Waals surface area contributed by atoms with Crippen LogP contribution in [-0.2, 0) is 10.9 Å². The lowest BCUT2D eigenvalue weighted by molar-refractivity contribution is 0.102. The minimum absolute atomic E-state index is 0.0244. The van der Waals surface area contributed by atoms with Gasteiger partial charge in [-0.3, -0.25) is 4.79 Å². The van der Waals surface area contributed by atoms with E-state index in [4.69, 9.17) is 10.2 Å². The first-order valence-electron chi connectivity index (χ1n) is 6.22. The highest BCUT2D eigenvalue weighted by Gasteiger charge is 2.22. The van der Waals surface area contributed by atoms with E-state index in [-0.39, 0.29) is 29.9 Å². The van der Waals surface area contributed by atoms with E-state index in [1.54, 1.807) is 0 Å². The number of benzene rings is 1. The van der Waals surface area contributed by atoms with Gasteiger partial charge in [0.05, 0.1) is 0 Å². The first kappa shape index (κ1) is 15.2. The molecule has 3 nitrogen and oxygen atoms in total.